The molecular formula is C31H21ClN2O4S. The van der Waals surface area contributed by atoms with Gasteiger partial charge in [0.05, 0.1) is 27.3 Å². The summed E-state index contributed by atoms with van der Waals surface area (Å²) in [5, 5.41) is 3.87. The summed E-state index contributed by atoms with van der Waals surface area (Å²) in [5.41, 5.74) is 4.24. The number of Topliss-reactive ketones (excluding diaryl/α,β-unsaturated/α-hetero) is 1. The van der Waals surface area contributed by atoms with Crippen molar-refractivity contribution in [1.29, 1.82) is 0 Å². The average Bonchev–Trinajstić information content (AvgIpc) is 3.59. The molecule has 3 aliphatic carbocycles. The van der Waals surface area contributed by atoms with Gasteiger partial charge in [-0.05, 0) is 45.8 Å². The fourth-order valence-corrected chi connectivity index (χ4v) is 7.43. The standard InChI is InChI=1S/C31H21ClN2O4S/c32-22-13-6-5-12-21(22)29(36)33(16-23(35)24-14-7-15-39-24)34-30(37)27-25-17-8-1-2-9-18(17)26(28(27)31(34)38)20-11-4-3-10-19(20)25/h1-15,25-28H,16H2/t25?,26?,27-,28-/m1/s1. The number of hydrazine groups is 1. The Morgan fingerprint density at radius 2 is 1.26 bits per heavy atom. The number of carbonyl (C=O) groups is 4. The molecule has 6 nitrogen and oxygen atoms in total. The lowest BCUT2D eigenvalue weighted by molar-refractivity contribution is -0.154. The van der Waals surface area contributed by atoms with Crippen LogP contribution in [0.3, 0.4) is 0 Å². The molecule has 39 heavy (non-hydrogen) atoms. The summed E-state index contributed by atoms with van der Waals surface area (Å²) in [6, 6.07) is 25.7. The lowest BCUT2D eigenvalue weighted by atomic mass is 9.55. The fraction of sp³-hybridized carbons (Fsp3) is 0.161. The van der Waals surface area contributed by atoms with E-state index in [1.54, 1.807) is 35.7 Å². The van der Waals surface area contributed by atoms with E-state index < -0.39 is 36.1 Å². The average molecular weight is 553 g/mol. The van der Waals surface area contributed by atoms with Crippen LogP contribution in [0.25, 0.3) is 0 Å². The molecule has 2 heterocycles. The van der Waals surface area contributed by atoms with Crippen LogP contribution in [0.4, 0.5) is 0 Å². The van der Waals surface area contributed by atoms with Gasteiger partial charge in [0.1, 0.15) is 6.54 Å². The zero-order valence-electron chi connectivity index (χ0n) is 20.5. The topological polar surface area (TPSA) is 74.8 Å². The van der Waals surface area contributed by atoms with Gasteiger partial charge >= 0.3 is 0 Å². The second-order valence-corrected chi connectivity index (χ2v) is 11.4. The van der Waals surface area contributed by atoms with Crippen LogP contribution in [-0.2, 0) is 9.59 Å². The molecule has 2 bridgehead atoms. The number of benzene rings is 3. The van der Waals surface area contributed by atoms with E-state index in [0.717, 1.165) is 32.3 Å². The summed E-state index contributed by atoms with van der Waals surface area (Å²) in [4.78, 5) is 56.1. The Bertz CT molecular complexity index is 1570. The molecule has 8 heteroatoms. The van der Waals surface area contributed by atoms with E-state index in [1.807, 2.05) is 48.5 Å². The highest BCUT2D eigenvalue weighted by molar-refractivity contribution is 7.12. The number of nitrogens with zero attached hydrogens (tertiary/aromatic N) is 2. The lowest BCUT2D eigenvalue weighted by Gasteiger charge is -2.45. The number of halogens is 1. The highest BCUT2D eigenvalue weighted by Gasteiger charge is 2.63. The van der Waals surface area contributed by atoms with E-state index in [0.29, 0.717) is 4.88 Å². The van der Waals surface area contributed by atoms with E-state index in [2.05, 4.69) is 0 Å². The van der Waals surface area contributed by atoms with Crippen molar-refractivity contribution in [3.8, 4) is 0 Å². The maximum Gasteiger partial charge on any atom is 0.274 e. The van der Waals surface area contributed by atoms with Crippen molar-refractivity contribution >= 4 is 46.4 Å². The summed E-state index contributed by atoms with van der Waals surface area (Å²) >= 11 is 7.60. The second-order valence-electron chi connectivity index (χ2n) is 10.00. The SMILES string of the molecule is O=C(CN(C(=O)c1ccccc1Cl)N1C(=O)[C@@H]2C3c4ccccc4C(c4ccccc43)[C@H]2C1=O)c1cccs1. The number of thiophene rings is 1. The number of hydrogen-bond donors (Lipinski definition) is 0. The molecule has 8 rings (SSSR count). The number of amides is 3. The molecule has 2 atom stereocenters. The van der Waals surface area contributed by atoms with Crippen LogP contribution in [0.5, 0.6) is 0 Å². The van der Waals surface area contributed by atoms with Crippen LogP contribution in [0.15, 0.2) is 90.3 Å². The Morgan fingerprint density at radius 1 is 0.744 bits per heavy atom. The molecule has 4 aromatic rings. The molecule has 0 N–H and O–H groups in total. The first-order valence-electron chi connectivity index (χ1n) is 12.7. The van der Waals surface area contributed by atoms with Crippen molar-refractivity contribution in [2.75, 3.05) is 6.54 Å². The Kier molecular flexibility index (Phi) is 5.54. The highest BCUT2D eigenvalue weighted by atomic mass is 35.5. The van der Waals surface area contributed by atoms with Gasteiger partial charge in [-0.1, -0.05) is 78.3 Å². The molecule has 4 aliphatic rings. The first-order valence-corrected chi connectivity index (χ1v) is 13.9. The van der Waals surface area contributed by atoms with E-state index in [9.17, 15) is 19.2 Å². The minimum Gasteiger partial charge on any atom is -0.291 e. The van der Waals surface area contributed by atoms with E-state index in [1.165, 1.54) is 17.4 Å². The fourth-order valence-electron chi connectivity index (χ4n) is 6.56. The van der Waals surface area contributed by atoms with E-state index in [-0.39, 0.29) is 28.2 Å². The van der Waals surface area contributed by atoms with Crippen molar-refractivity contribution in [3.63, 3.8) is 0 Å². The lowest BCUT2D eigenvalue weighted by Crippen LogP contribution is -2.52. The minimum absolute atomic E-state index is 0.114. The smallest absolute Gasteiger partial charge is 0.274 e. The Labute approximate surface area is 233 Å². The van der Waals surface area contributed by atoms with Crippen LogP contribution in [-0.4, -0.2) is 40.1 Å². The van der Waals surface area contributed by atoms with Gasteiger partial charge in [0.15, 0.2) is 5.78 Å². The van der Waals surface area contributed by atoms with Gasteiger partial charge in [-0.3, -0.25) is 19.2 Å². The van der Waals surface area contributed by atoms with Gasteiger partial charge in [0.2, 0.25) is 0 Å². The number of rotatable bonds is 5. The van der Waals surface area contributed by atoms with Gasteiger partial charge in [-0.25, -0.2) is 5.01 Å². The Morgan fingerprint density at radius 3 is 1.74 bits per heavy atom. The molecular weight excluding hydrogens is 532 g/mol. The van der Waals surface area contributed by atoms with Gasteiger partial charge < -0.3 is 0 Å². The largest absolute Gasteiger partial charge is 0.291 e. The van der Waals surface area contributed by atoms with Gasteiger partial charge in [0, 0.05) is 11.8 Å². The van der Waals surface area contributed by atoms with Gasteiger partial charge in [-0.2, -0.15) is 5.01 Å². The molecule has 0 unspecified atom stereocenters. The third kappa shape index (κ3) is 3.46. The summed E-state index contributed by atoms with van der Waals surface area (Å²) in [6.45, 7) is -0.462. The molecule has 1 fully saturated rings. The first kappa shape index (κ1) is 24.0. The van der Waals surface area contributed by atoms with Gasteiger partial charge in [-0.15, -0.1) is 11.3 Å². The Balaban J connectivity index is 1.35. The predicted molar refractivity (Wildman–Crippen MR) is 147 cm³/mol. The van der Waals surface area contributed by atoms with Crippen LogP contribution < -0.4 is 0 Å². The molecule has 1 aromatic heterocycles. The normalized spacial score (nSPS) is 22.3. The molecule has 1 saturated heterocycles. The van der Waals surface area contributed by atoms with Crippen molar-refractivity contribution < 1.29 is 19.2 Å². The zero-order chi connectivity index (χ0) is 26.8. The first-order chi connectivity index (χ1) is 19.0. The van der Waals surface area contributed by atoms with E-state index >= 15 is 0 Å². The van der Waals surface area contributed by atoms with Crippen molar-refractivity contribution in [2.45, 2.75) is 11.8 Å². The highest BCUT2D eigenvalue weighted by Crippen LogP contribution is 2.61. The maximum absolute atomic E-state index is 14.3. The minimum atomic E-state index is -0.675. The third-order valence-electron chi connectivity index (χ3n) is 8.09. The van der Waals surface area contributed by atoms with Crippen LogP contribution >= 0.6 is 22.9 Å². The van der Waals surface area contributed by atoms with E-state index in [4.69, 9.17) is 11.6 Å². The molecule has 0 spiro atoms. The van der Waals surface area contributed by atoms with Crippen molar-refractivity contribution in [1.82, 2.24) is 10.0 Å². The molecule has 3 aromatic carbocycles. The summed E-state index contributed by atoms with van der Waals surface area (Å²) < 4.78 is 0. The summed E-state index contributed by atoms with van der Waals surface area (Å²) in [7, 11) is 0. The van der Waals surface area contributed by atoms with Crippen LogP contribution in [0, 0.1) is 11.8 Å². The van der Waals surface area contributed by atoms with Gasteiger partial charge in [0.25, 0.3) is 17.7 Å². The predicted octanol–water partition coefficient (Wildman–Crippen LogP) is 5.53. The zero-order valence-corrected chi connectivity index (χ0v) is 22.1. The summed E-state index contributed by atoms with van der Waals surface area (Å²) in [5.74, 6) is -3.97. The monoisotopic (exact) mass is 552 g/mol. The van der Waals surface area contributed by atoms with Crippen LogP contribution in [0.1, 0.15) is 54.1 Å². The maximum atomic E-state index is 14.3. The number of imide groups is 1. The molecule has 0 radical (unpaired) electrons. The number of carbonyl (C=O) groups excluding carboxylic acids is 4. The molecule has 0 saturated carbocycles. The molecule has 3 amide bonds. The number of ketones is 1. The Hall–Kier alpha value is -4.07. The molecule has 192 valence electrons. The third-order valence-corrected chi connectivity index (χ3v) is 9.34. The van der Waals surface area contributed by atoms with Crippen LogP contribution in [0.2, 0.25) is 5.02 Å². The number of hydrogen-bond acceptors (Lipinski definition) is 5. The quantitative estimate of drug-likeness (QED) is 0.241. The summed E-state index contributed by atoms with van der Waals surface area (Å²) in [6.07, 6.45) is 0. The second kappa shape index (κ2) is 9.00. The van der Waals surface area contributed by atoms with Crippen molar-refractivity contribution in [2.24, 2.45) is 11.8 Å². The molecule has 1 aliphatic heterocycles. The van der Waals surface area contributed by atoms with Crippen molar-refractivity contribution in [3.05, 3.63) is 128 Å².